The van der Waals surface area contributed by atoms with Crippen LogP contribution in [0.3, 0.4) is 0 Å². The number of carboxylic acids is 1. The number of hydrogen-bond donors (Lipinski definition) is 1. The third-order valence-corrected chi connectivity index (χ3v) is 2.26. The van der Waals surface area contributed by atoms with Crippen molar-refractivity contribution >= 4 is 18.1 Å². The van der Waals surface area contributed by atoms with E-state index in [9.17, 15) is 14.4 Å². The van der Waals surface area contributed by atoms with E-state index in [2.05, 4.69) is 9.47 Å². The fourth-order valence-electron chi connectivity index (χ4n) is 1.21. The molecule has 0 atom stereocenters. The zero-order chi connectivity index (χ0) is 14.3. The van der Waals surface area contributed by atoms with Gasteiger partial charge in [-0.3, -0.25) is 0 Å². The Balaban J connectivity index is 2.53. The average Bonchev–Trinajstić information content (AvgIpc) is 2.39. The zero-order valence-corrected chi connectivity index (χ0v) is 10.4. The summed E-state index contributed by atoms with van der Waals surface area (Å²) in [5.41, 5.74) is 0.125. The normalized spacial score (nSPS) is 9.74. The Morgan fingerprint density at radius 2 is 1.68 bits per heavy atom. The Bertz CT molecular complexity index is 463. The lowest BCUT2D eigenvalue weighted by atomic mass is 10.1. The topological polar surface area (TPSA) is 89.9 Å². The van der Waals surface area contributed by atoms with Crippen molar-refractivity contribution in [2.45, 2.75) is 19.8 Å². The molecule has 0 unspecified atom stereocenters. The van der Waals surface area contributed by atoms with Crippen LogP contribution >= 0.6 is 0 Å². The van der Waals surface area contributed by atoms with Gasteiger partial charge in [-0.2, -0.15) is 0 Å². The zero-order valence-electron chi connectivity index (χ0n) is 10.4. The van der Waals surface area contributed by atoms with Gasteiger partial charge in [-0.25, -0.2) is 14.4 Å². The van der Waals surface area contributed by atoms with Crippen LogP contribution in [0.2, 0.25) is 0 Å². The van der Waals surface area contributed by atoms with E-state index in [1.165, 1.54) is 24.3 Å². The Morgan fingerprint density at radius 3 is 2.21 bits per heavy atom. The summed E-state index contributed by atoms with van der Waals surface area (Å²) in [4.78, 5) is 33.2. The highest BCUT2D eigenvalue weighted by Gasteiger charge is 2.14. The molecule has 1 aromatic rings. The SMILES string of the molecule is CCCCOC(=O)OC(=O)c1ccc(C(=O)O)cc1. The van der Waals surface area contributed by atoms with Gasteiger partial charge in [-0.1, -0.05) is 13.3 Å². The summed E-state index contributed by atoms with van der Waals surface area (Å²) in [7, 11) is 0. The lowest BCUT2D eigenvalue weighted by molar-refractivity contribution is 0.0381. The molecule has 0 spiro atoms. The first-order valence-corrected chi connectivity index (χ1v) is 5.77. The monoisotopic (exact) mass is 266 g/mol. The Morgan fingerprint density at radius 1 is 1.11 bits per heavy atom. The molecule has 0 aromatic heterocycles. The van der Waals surface area contributed by atoms with Gasteiger partial charge in [0.05, 0.1) is 17.7 Å². The number of benzene rings is 1. The van der Waals surface area contributed by atoms with Gasteiger partial charge in [0.15, 0.2) is 0 Å². The third-order valence-electron chi connectivity index (χ3n) is 2.26. The molecule has 0 aliphatic carbocycles. The number of carboxylic acid groups (broad SMARTS) is 1. The number of carbonyl (C=O) groups excluding carboxylic acids is 2. The van der Waals surface area contributed by atoms with Gasteiger partial charge in [-0.05, 0) is 30.7 Å². The van der Waals surface area contributed by atoms with E-state index < -0.39 is 18.1 Å². The maximum atomic E-state index is 11.5. The molecule has 0 radical (unpaired) electrons. The number of carbonyl (C=O) groups is 3. The summed E-state index contributed by atoms with van der Waals surface area (Å²) in [6.45, 7) is 2.13. The average molecular weight is 266 g/mol. The van der Waals surface area contributed by atoms with Crippen molar-refractivity contribution < 1.29 is 29.0 Å². The van der Waals surface area contributed by atoms with Crippen molar-refractivity contribution in [3.63, 3.8) is 0 Å². The van der Waals surface area contributed by atoms with Crippen LogP contribution in [-0.2, 0) is 9.47 Å². The second-order valence-corrected chi connectivity index (χ2v) is 3.72. The van der Waals surface area contributed by atoms with Gasteiger partial charge in [0.25, 0.3) is 0 Å². The molecule has 102 valence electrons. The van der Waals surface area contributed by atoms with Gasteiger partial charge in [0.1, 0.15) is 0 Å². The molecule has 0 aliphatic heterocycles. The highest BCUT2D eigenvalue weighted by Crippen LogP contribution is 2.07. The minimum absolute atomic E-state index is 0.0436. The molecule has 1 N–H and O–H groups in total. The quantitative estimate of drug-likeness (QED) is 0.500. The summed E-state index contributed by atoms with van der Waals surface area (Å²) in [5.74, 6) is -1.97. The summed E-state index contributed by atoms with van der Waals surface area (Å²) in [6, 6.07) is 5.04. The van der Waals surface area contributed by atoms with Crippen LogP contribution in [0, 0.1) is 0 Å². The summed E-state index contributed by atoms with van der Waals surface area (Å²) >= 11 is 0. The van der Waals surface area contributed by atoms with Gasteiger partial charge >= 0.3 is 18.1 Å². The van der Waals surface area contributed by atoms with E-state index in [0.29, 0.717) is 6.42 Å². The van der Waals surface area contributed by atoms with Crippen molar-refractivity contribution in [2.75, 3.05) is 6.61 Å². The summed E-state index contributed by atoms with van der Waals surface area (Å²) < 4.78 is 9.10. The molecule has 0 heterocycles. The van der Waals surface area contributed by atoms with Crippen molar-refractivity contribution in [1.29, 1.82) is 0 Å². The largest absolute Gasteiger partial charge is 0.516 e. The molecule has 0 amide bonds. The second-order valence-electron chi connectivity index (χ2n) is 3.72. The molecular weight excluding hydrogens is 252 g/mol. The van der Waals surface area contributed by atoms with E-state index >= 15 is 0 Å². The van der Waals surface area contributed by atoms with Crippen molar-refractivity contribution in [2.24, 2.45) is 0 Å². The van der Waals surface area contributed by atoms with Crippen LogP contribution in [0.25, 0.3) is 0 Å². The van der Waals surface area contributed by atoms with Crippen LogP contribution in [0.1, 0.15) is 40.5 Å². The Kier molecular flexibility index (Phi) is 5.53. The standard InChI is InChI=1S/C13H14O6/c1-2-3-8-18-13(17)19-12(16)10-6-4-9(5-7-10)11(14)15/h4-7H,2-3,8H2,1H3,(H,14,15). The number of rotatable bonds is 5. The van der Waals surface area contributed by atoms with Crippen LogP contribution < -0.4 is 0 Å². The first-order valence-electron chi connectivity index (χ1n) is 5.77. The molecule has 0 aliphatic rings. The van der Waals surface area contributed by atoms with Crippen LogP contribution in [-0.4, -0.2) is 29.8 Å². The number of ether oxygens (including phenoxy) is 2. The van der Waals surface area contributed by atoms with Crippen LogP contribution in [0.5, 0.6) is 0 Å². The van der Waals surface area contributed by atoms with E-state index in [1.54, 1.807) is 0 Å². The van der Waals surface area contributed by atoms with Gasteiger partial charge < -0.3 is 14.6 Å². The molecule has 19 heavy (non-hydrogen) atoms. The van der Waals surface area contributed by atoms with Gasteiger partial charge in [0, 0.05) is 0 Å². The van der Waals surface area contributed by atoms with Crippen LogP contribution in [0.15, 0.2) is 24.3 Å². The maximum Gasteiger partial charge on any atom is 0.516 e. The summed E-state index contributed by atoms with van der Waals surface area (Å²) in [6.07, 6.45) is 0.495. The van der Waals surface area contributed by atoms with Crippen LogP contribution in [0.4, 0.5) is 4.79 Å². The van der Waals surface area contributed by atoms with Crippen molar-refractivity contribution in [1.82, 2.24) is 0 Å². The third kappa shape index (κ3) is 4.79. The molecular formula is C13H14O6. The minimum Gasteiger partial charge on any atom is -0.478 e. The van der Waals surface area contributed by atoms with Gasteiger partial charge in [-0.15, -0.1) is 0 Å². The first kappa shape index (κ1) is 14.7. The number of unbranched alkanes of at least 4 members (excludes halogenated alkanes) is 1. The molecule has 0 saturated carbocycles. The Labute approximate surface area is 109 Å². The molecule has 6 heteroatoms. The number of hydrogen-bond acceptors (Lipinski definition) is 5. The Hall–Kier alpha value is -2.37. The first-order chi connectivity index (χ1) is 9.04. The highest BCUT2D eigenvalue weighted by molar-refractivity contribution is 5.96. The molecule has 1 aromatic carbocycles. The molecule has 1 rings (SSSR count). The molecule has 0 fully saturated rings. The van der Waals surface area contributed by atoms with Gasteiger partial charge in [0.2, 0.25) is 0 Å². The predicted octanol–water partition coefficient (Wildman–Crippen LogP) is 2.48. The fraction of sp³-hybridized carbons (Fsp3) is 0.308. The van der Waals surface area contributed by atoms with Crippen molar-refractivity contribution in [3.05, 3.63) is 35.4 Å². The minimum atomic E-state index is -1.10. The van der Waals surface area contributed by atoms with E-state index in [1.807, 2.05) is 6.92 Å². The second kappa shape index (κ2) is 7.15. The number of aromatic carboxylic acids is 1. The lowest BCUT2D eigenvalue weighted by Gasteiger charge is -2.04. The summed E-state index contributed by atoms with van der Waals surface area (Å²) in [5, 5.41) is 8.69. The fourth-order valence-corrected chi connectivity index (χ4v) is 1.21. The maximum absolute atomic E-state index is 11.5. The molecule has 0 bridgehead atoms. The van der Waals surface area contributed by atoms with E-state index in [4.69, 9.17) is 5.11 Å². The predicted molar refractivity (Wildman–Crippen MR) is 65.1 cm³/mol. The molecule has 6 nitrogen and oxygen atoms in total. The smallest absolute Gasteiger partial charge is 0.478 e. The highest BCUT2D eigenvalue weighted by atomic mass is 16.7. The lowest BCUT2D eigenvalue weighted by Crippen LogP contribution is -2.14. The van der Waals surface area contributed by atoms with E-state index in [-0.39, 0.29) is 17.7 Å². The van der Waals surface area contributed by atoms with E-state index in [0.717, 1.165) is 6.42 Å². The van der Waals surface area contributed by atoms with Crippen molar-refractivity contribution in [3.8, 4) is 0 Å². The molecule has 0 saturated heterocycles. The number of esters is 1.